The summed E-state index contributed by atoms with van der Waals surface area (Å²) >= 11 is 1.33. The number of fused-ring (bicyclic) bond motifs is 1. The summed E-state index contributed by atoms with van der Waals surface area (Å²) in [6, 6.07) is 13.6. The van der Waals surface area contributed by atoms with Gasteiger partial charge in [-0.1, -0.05) is 38.1 Å². The standard InChI is InChI=1S/C25H26N4O3S/c1-4-17-12-16(3)13-19(14-17)31-10-11-32-21-9-7-6-8-18(21)15-20-23(26)29-25(27-24(20)30)33-22(5-2)28-29/h6-9,12-15,26H,4-5,10-11H2,1-3H3. The van der Waals surface area contributed by atoms with Gasteiger partial charge in [0.1, 0.15) is 29.8 Å². The van der Waals surface area contributed by atoms with E-state index in [1.54, 1.807) is 6.08 Å². The molecule has 0 radical (unpaired) electrons. The first-order chi connectivity index (χ1) is 16.0. The minimum Gasteiger partial charge on any atom is -0.490 e. The van der Waals surface area contributed by atoms with Gasteiger partial charge in [-0.05, 0) is 66.9 Å². The second-order valence-electron chi connectivity index (χ2n) is 7.61. The molecule has 2 aliphatic heterocycles. The molecular formula is C25H26N4O3S. The van der Waals surface area contributed by atoms with Crippen LogP contribution in [0.15, 0.2) is 58.1 Å². The van der Waals surface area contributed by atoms with Crippen LogP contribution < -0.4 is 9.47 Å². The third kappa shape index (κ3) is 5.17. The van der Waals surface area contributed by atoms with E-state index in [9.17, 15) is 4.79 Å². The Morgan fingerprint density at radius 2 is 1.88 bits per heavy atom. The number of thioether (sulfide) groups is 1. The molecule has 0 fully saturated rings. The number of hydrogen-bond acceptors (Lipinski definition) is 6. The van der Waals surface area contributed by atoms with Gasteiger partial charge in [0.25, 0.3) is 5.91 Å². The van der Waals surface area contributed by atoms with Gasteiger partial charge in [-0.3, -0.25) is 10.2 Å². The SMILES string of the molecule is CCC1=NN2C(=N)C(=Cc3ccccc3OCCOc3cc(C)cc(CC)c3)C(=O)N=C2S1. The summed E-state index contributed by atoms with van der Waals surface area (Å²) in [4.78, 5) is 16.7. The van der Waals surface area contributed by atoms with Crippen molar-refractivity contribution in [3.05, 3.63) is 64.7 Å². The summed E-state index contributed by atoms with van der Waals surface area (Å²) in [5.74, 6) is 1.01. The van der Waals surface area contributed by atoms with Crippen molar-refractivity contribution in [1.82, 2.24) is 5.01 Å². The fourth-order valence-corrected chi connectivity index (χ4v) is 4.31. The maximum atomic E-state index is 12.6. The van der Waals surface area contributed by atoms with Crippen LogP contribution in [0.1, 0.15) is 37.0 Å². The Kier molecular flexibility index (Phi) is 6.93. The highest BCUT2D eigenvalue weighted by Gasteiger charge is 2.35. The number of nitrogens with one attached hydrogen (secondary N) is 1. The fraction of sp³-hybridized carbons (Fsp3) is 0.280. The van der Waals surface area contributed by atoms with E-state index in [4.69, 9.17) is 14.9 Å². The van der Waals surface area contributed by atoms with Crippen molar-refractivity contribution in [3.8, 4) is 11.5 Å². The first-order valence-electron chi connectivity index (χ1n) is 10.9. The Hall–Kier alpha value is -3.39. The first kappa shape index (κ1) is 22.8. The zero-order chi connectivity index (χ0) is 23.4. The number of rotatable bonds is 8. The summed E-state index contributed by atoms with van der Waals surface area (Å²) in [5.41, 5.74) is 3.28. The van der Waals surface area contributed by atoms with Crippen molar-refractivity contribution in [3.63, 3.8) is 0 Å². The quantitative estimate of drug-likeness (QED) is 0.438. The predicted octanol–water partition coefficient (Wildman–Crippen LogP) is 5.04. The Labute approximate surface area is 197 Å². The molecule has 2 aromatic rings. The van der Waals surface area contributed by atoms with Crippen LogP contribution in [0.4, 0.5) is 0 Å². The molecule has 33 heavy (non-hydrogen) atoms. The van der Waals surface area contributed by atoms with Gasteiger partial charge in [0.15, 0.2) is 5.84 Å². The molecule has 0 saturated heterocycles. The van der Waals surface area contributed by atoms with Crippen LogP contribution in [-0.2, 0) is 11.2 Å². The molecule has 0 bridgehead atoms. The third-order valence-corrected chi connectivity index (χ3v) is 6.20. The van der Waals surface area contributed by atoms with Crippen molar-refractivity contribution in [2.75, 3.05) is 13.2 Å². The summed E-state index contributed by atoms with van der Waals surface area (Å²) in [7, 11) is 0. The van der Waals surface area contributed by atoms with Crippen molar-refractivity contribution in [2.45, 2.75) is 33.6 Å². The molecule has 2 aromatic carbocycles. The minimum absolute atomic E-state index is 0.0188. The average molecular weight is 463 g/mol. The van der Waals surface area contributed by atoms with Crippen molar-refractivity contribution < 1.29 is 14.3 Å². The van der Waals surface area contributed by atoms with Crippen molar-refractivity contribution >= 4 is 39.8 Å². The number of aliphatic imine (C=N–C) groups is 1. The van der Waals surface area contributed by atoms with Gasteiger partial charge in [-0.25, -0.2) is 0 Å². The maximum Gasteiger partial charge on any atom is 0.283 e. The van der Waals surface area contributed by atoms with Gasteiger partial charge in [0.05, 0.1) is 5.57 Å². The van der Waals surface area contributed by atoms with Crippen LogP contribution >= 0.6 is 11.8 Å². The number of hydrazone groups is 1. The highest BCUT2D eigenvalue weighted by atomic mass is 32.2. The largest absolute Gasteiger partial charge is 0.490 e. The molecule has 4 rings (SSSR count). The Morgan fingerprint density at radius 1 is 1.09 bits per heavy atom. The van der Waals surface area contributed by atoms with E-state index >= 15 is 0 Å². The summed E-state index contributed by atoms with van der Waals surface area (Å²) in [5, 5.41) is 15.5. The number of para-hydroxylation sites is 1. The zero-order valence-corrected chi connectivity index (χ0v) is 19.7. The maximum absolute atomic E-state index is 12.6. The molecule has 1 N–H and O–H groups in total. The number of carbonyl (C=O) groups excluding carboxylic acids is 1. The number of benzene rings is 2. The molecule has 7 nitrogen and oxygen atoms in total. The number of carbonyl (C=O) groups is 1. The van der Waals surface area contributed by atoms with Gasteiger partial charge < -0.3 is 9.47 Å². The van der Waals surface area contributed by atoms with Crippen LogP contribution in [-0.4, -0.2) is 40.2 Å². The average Bonchev–Trinajstić information content (AvgIpc) is 3.23. The van der Waals surface area contributed by atoms with E-state index < -0.39 is 5.91 Å². The molecule has 170 valence electrons. The van der Waals surface area contributed by atoms with Crippen LogP contribution in [0.25, 0.3) is 6.08 Å². The number of nitrogens with zero attached hydrogens (tertiary/aromatic N) is 3. The Balaban J connectivity index is 1.45. The molecule has 0 aliphatic carbocycles. The molecule has 0 saturated carbocycles. The molecular weight excluding hydrogens is 436 g/mol. The smallest absolute Gasteiger partial charge is 0.283 e. The Morgan fingerprint density at radius 3 is 2.67 bits per heavy atom. The number of ether oxygens (including phenoxy) is 2. The second-order valence-corrected chi connectivity index (χ2v) is 8.65. The number of amides is 1. The monoisotopic (exact) mass is 462 g/mol. The van der Waals surface area contributed by atoms with Gasteiger partial charge >= 0.3 is 0 Å². The summed E-state index contributed by atoms with van der Waals surface area (Å²) < 4.78 is 11.8. The van der Waals surface area contributed by atoms with Gasteiger partial charge in [0, 0.05) is 5.56 Å². The molecule has 0 unspecified atom stereocenters. The minimum atomic E-state index is -0.449. The van der Waals surface area contributed by atoms with Crippen LogP contribution in [0.5, 0.6) is 11.5 Å². The van der Waals surface area contributed by atoms with E-state index in [1.165, 1.54) is 27.9 Å². The molecule has 0 atom stereocenters. The Bertz CT molecular complexity index is 1190. The van der Waals surface area contributed by atoms with E-state index in [0.29, 0.717) is 29.7 Å². The number of hydrogen-bond donors (Lipinski definition) is 1. The number of amidine groups is 2. The van der Waals surface area contributed by atoms with Crippen molar-refractivity contribution in [1.29, 1.82) is 5.41 Å². The second kappa shape index (κ2) is 10.0. The van der Waals surface area contributed by atoms with Crippen LogP contribution in [0.2, 0.25) is 0 Å². The summed E-state index contributed by atoms with van der Waals surface area (Å²) in [6.07, 6.45) is 3.32. The molecule has 0 spiro atoms. The molecule has 2 heterocycles. The molecule has 2 aliphatic rings. The van der Waals surface area contributed by atoms with E-state index in [-0.39, 0.29) is 11.4 Å². The lowest BCUT2D eigenvalue weighted by atomic mass is 10.1. The molecule has 8 heteroatoms. The lowest BCUT2D eigenvalue weighted by Gasteiger charge is -2.20. The lowest BCUT2D eigenvalue weighted by Crippen LogP contribution is -2.35. The highest BCUT2D eigenvalue weighted by molar-refractivity contribution is 8.26. The van der Waals surface area contributed by atoms with E-state index in [0.717, 1.165) is 23.6 Å². The zero-order valence-electron chi connectivity index (χ0n) is 18.9. The van der Waals surface area contributed by atoms with E-state index in [1.807, 2.05) is 43.3 Å². The van der Waals surface area contributed by atoms with E-state index in [2.05, 4.69) is 30.0 Å². The van der Waals surface area contributed by atoms with Gasteiger partial charge in [-0.2, -0.15) is 15.1 Å². The van der Waals surface area contributed by atoms with Crippen LogP contribution in [0, 0.1) is 12.3 Å². The van der Waals surface area contributed by atoms with Crippen molar-refractivity contribution in [2.24, 2.45) is 10.1 Å². The van der Waals surface area contributed by atoms with Crippen LogP contribution in [0.3, 0.4) is 0 Å². The topological polar surface area (TPSA) is 87.3 Å². The third-order valence-electron chi connectivity index (χ3n) is 5.15. The normalized spacial score (nSPS) is 16.6. The van der Waals surface area contributed by atoms with Gasteiger partial charge in [0.2, 0.25) is 5.17 Å². The number of aryl methyl sites for hydroxylation is 2. The first-order valence-corrected chi connectivity index (χ1v) is 11.7. The highest BCUT2D eigenvalue weighted by Crippen LogP contribution is 2.30. The summed E-state index contributed by atoms with van der Waals surface area (Å²) in [6.45, 7) is 6.88. The fourth-order valence-electron chi connectivity index (χ4n) is 3.48. The van der Waals surface area contributed by atoms with Gasteiger partial charge in [-0.15, -0.1) is 0 Å². The predicted molar refractivity (Wildman–Crippen MR) is 133 cm³/mol. The molecule has 0 aromatic heterocycles. The molecule has 1 amide bonds. The lowest BCUT2D eigenvalue weighted by molar-refractivity contribution is -0.114.